The Labute approximate surface area is 139 Å². The summed E-state index contributed by atoms with van der Waals surface area (Å²) in [5, 5.41) is 16.3. The van der Waals surface area contributed by atoms with Crippen molar-refractivity contribution in [2.45, 2.75) is 24.9 Å². The quantitative estimate of drug-likeness (QED) is 0.585. The second-order valence-corrected chi connectivity index (χ2v) is 6.29. The second-order valence-electron chi connectivity index (χ2n) is 6.29. The number of H-pyrrole nitrogens is 2. The topological polar surface area (TPSA) is 95.2 Å². The van der Waals surface area contributed by atoms with Crippen molar-refractivity contribution in [1.29, 1.82) is 0 Å². The summed E-state index contributed by atoms with van der Waals surface area (Å²) in [4.78, 5) is 25.0. The second kappa shape index (κ2) is 6.13. The Balaban J connectivity index is 2.16. The predicted octanol–water partition coefficient (Wildman–Crippen LogP) is 1.49. The lowest BCUT2D eigenvalue weighted by atomic mass is 9.66. The van der Waals surface area contributed by atoms with E-state index in [-0.39, 0.29) is 18.6 Å². The third-order valence-corrected chi connectivity index (χ3v) is 4.50. The molecule has 0 bridgehead atoms. The van der Waals surface area contributed by atoms with Crippen molar-refractivity contribution in [1.82, 2.24) is 10.2 Å². The molecule has 6 heteroatoms. The van der Waals surface area contributed by atoms with Crippen LogP contribution in [-0.2, 0) is 16.0 Å². The molecule has 1 aromatic heterocycles. The molecule has 6 nitrogen and oxygen atoms in total. The van der Waals surface area contributed by atoms with Crippen LogP contribution in [0.3, 0.4) is 0 Å². The third-order valence-electron chi connectivity index (χ3n) is 4.50. The van der Waals surface area contributed by atoms with Crippen LogP contribution in [0.1, 0.15) is 29.7 Å². The fraction of sp³-hybridized carbons (Fsp3) is 0.333. The minimum absolute atomic E-state index is 0.0588. The molecule has 0 spiro atoms. The summed E-state index contributed by atoms with van der Waals surface area (Å²) < 4.78 is 5.21. The first kappa shape index (κ1) is 16.3. The lowest BCUT2D eigenvalue weighted by Crippen LogP contribution is -2.50. The SMILES string of the molecule is C=CCOC(=O)[C@@H]1[C@@H](c2ccccc2)c2c([nH][nH]c2=O)C[C@@]1(C)O. The Morgan fingerprint density at radius 2 is 2.12 bits per heavy atom. The zero-order valence-electron chi connectivity index (χ0n) is 13.4. The van der Waals surface area contributed by atoms with Crippen LogP contribution < -0.4 is 5.56 Å². The van der Waals surface area contributed by atoms with Gasteiger partial charge in [-0.25, -0.2) is 0 Å². The summed E-state index contributed by atoms with van der Waals surface area (Å²) in [5.41, 5.74) is 0.247. The fourth-order valence-corrected chi connectivity index (χ4v) is 3.51. The first-order chi connectivity index (χ1) is 11.5. The smallest absolute Gasteiger partial charge is 0.313 e. The van der Waals surface area contributed by atoms with E-state index in [9.17, 15) is 14.7 Å². The molecule has 3 N–H and O–H groups in total. The average Bonchev–Trinajstić information content (AvgIpc) is 2.91. The highest BCUT2D eigenvalue weighted by Gasteiger charge is 2.51. The van der Waals surface area contributed by atoms with Gasteiger partial charge in [0.1, 0.15) is 6.61 Å². The van der Waals surface area contributed by atoms with Gasteiger partial charge in [-0.15, -0.1) is 0 Å². The molecule has 0 aliphatic heterocycles. The number of aliphatic hydroxyl groups is 1. The highest BCUT2D eigenvalue weighted by molar-refractivity contribution is 5.77. The maximum atomic E-state index is 12.6. The summed E-state index contributed by atoms with van der Waals surface area (Å²) in [6.45, 7) is 5.19. The van der Waals surface area contributed by atoms with Gasteiger partial charge in [0.05, 0.1) is 11.5 Å². The van der Waals surface area contributed by atoms with Gasteiger partial charge in [0.2, 0.25) is 0 Å². The molecule has 3 atom stereocenters. The number of nitrogens with one attached hydrogen (secondary N) is 2. The lowest BCUT2D eigenvalue weighted by Gasteiger charge is -2.40. The number of hydrogen-bond donors (Lipinski definition) is 3. The van der Waals surface area contributed by atoms with Gasteiger partial charge in [0.25, 0.3) is 5.56 Å². The van der Waals surface area contributed by atoms with E-state index in [1.807, 2.05) is 30.3 Å². The number of benzene rings is 1. The third kappa shape index (κ3) is 2.69. The molecule has 0 fully saturated rings. The van der Waals surface area contributed by atoms with Crippen LogP contribution in [0.25, 0.3) is 0 Å². The lowest BCUT2D eigenvalue weighted by molar-refractivity contribution is -0.158. The van der Waals surface area contributed by atoms with Crippen LogP contribution in [0.4, 0.5) is 0 Å². The Kier molecular flexibility index (Phi) is 4.15. The van der Waals surface area contributed by atoms with E-state index < -0.39 is 23.4 Å². The van der Waals surface area contributed by atoms with E-state index in [0.717, 1.165) is 5.56 Å². The number of carbonyl (C=O) groups is 1. The molecule has 24 heavy (non-hydrogen) atoms. The van der Waals surface area contributed by atoms with E-state index in [4.69, 9.17) is 4.74 Å². The highest BCUT2D eigenvalue weighted by Crippen LogP contribution is 2.44. The molecule has 1 heterocycles. The Hall–Kier alpha value is -2.60. The molecular formula is C18H20N2O4. The van der Waals surface area contributed by atoms with Crippen molar-refractivity contribution in [3.8, 4) is 0 Å². The maximum absolute atomic E-state index is 12.6. The number of aromatic nitrogens is 2. The van der Waals surface area contributed by atoms with E-state index in [0.29, 0.717) is 11.3 Å². The molecule has 2 aromatic rings. The van der Waals surface area contributed by atoms with Crippen molar-refractivity contribution in [3.63, 3.8) is 0 Å². The Morgan fingerprint density at radius 1 is 1.42 bits per heavy atom. The van der Waals surface area contributed by atoms with Gasteiger partial charge in [0.15, 0.2) is 0 Å². The molecule has 1 aliphatic rings. The monoisotopic (exact) mass is 328 g/mol. The van der Waals surface area contributed by atoms with Gasteiger partial charge in [-0.05, 0) is 12.5 Å². The summed E-state index contributed by atoms with van der Waals surface area (Å²) in [5.74, 6) is -2.01. The number of carbonyl (C=O) groups excluding carboxylic acids is 1. The molecule has 0 amide bonds. The first-order valence-corrected chi connectivity index (χ1v) is 7.80. The van der Waals surface area contributed by atoms with Crippen LogP contribution in [0.2, 0.25) is 0 Å². The number of fused-ring (bicyclic) bond motifs is 1. The standard InChI is InChI=1S/C18H20N2O4/c1-3-9-24-17(22)15-13(11-7-5-4-6-8-11)14-12(10-18(15,2)23)19-20-16(14)21/h3-8,13,15,23H,1,9-10H2,2H3,(H2,19,20,21)/t13-,15-,18+/m0/s1. The molecule has 0 unspecified atom stereocenters. The largest absolute Gasteiger partial charge is 0.461 e. The van der Waals surface area contributed by atoms with Crippen molar-refractivity contribution in [3.05, 3.63) is 70.2 Å². The van der Waals surface area contributed by atoms with E-state index in [1.165, 1.54) is 6.08 Å². The summed E-state index contributed by atoms with van der Waals surface area (Å²) >= 11 is 0. The molecule has 0 saturated carbocycles. The van der Waals surface area contributed by atoms with Crippen molar-refractivity contribution >= 4 is 5.97 Å². The summed E-state index contributed by atoms with van der Waals surface area (Å²) in [6, 6.07) is 9.22. The fourth-order valence-electron chi connectivity index (χ4n) is 3.51. The van der Waals surface area contributed by atoms with Gasteiger partial charge in [-0.2, -0.15) is 0 Å². The normalized spacial score (nSPS) is 25.8. The van der Waals surface area contributed by atoms with E-state index >= 15 is 0 Å². The first-order valence-electron chi connectivity index (χ1n) is 7.80. The zero-order valence-corrected chi connectivity index (χ0v) is 13.4. The minimum atomic E-state index is -1.35. The number of esters is 1. The number of hydrogen-bond acceptors (Lipinski definition) is 4. The van der Waals surface area contributed by atoms with Crippen LogP contribution >= 0.6 is 0 Å². The Morgan fingerprint density at radius 3 is 2.79 bits per heavy atom. The highest BCUT2D eigenvalue weighted by atomic mass is 16.5. The Bertz CT molecular complexity index is 804. The molecule has 1 aromatic carbocycles. The van der Waals surface area contributed by atoms with Crippen LogP contribution in [-0.4, -0.2) is 33.5 Å². The molecule has 0 radical (unpaired) electrons. The molecular weight excluding hydrogens is 308 g/mol. The van der Waals surface area contributed by atoms with Gasteiger partial charge >= 0.3 is 5.97 Å². The zero-order chi connectivity index (χ0) is 17.3. The van der Waals surface area contributed by atoms with Crippen LogP contribution in [0.5, 0.6) is 0 Å². The number of rotatable bonds is 4. The molecule has 3 rings (SSSR count). The van der Waals surface area contributed by atoms with Gasteiger partial charge in [-0.3, -0.25) is 14.7 Å². The number of aromatic amines is 2. The van der Waals surface area contributed by atoms with Crippen LogP contribution in [0.15, 0.2) is 47.8 Å². The van der Waals surface area contributed by atoms with Gasteiger partial charge in [-0.1, -0.05) is 43.0 Å². The van der Waals surface area contributed by atoms with Crippen molar-refractivity contribution < 1.29 is 14.6 Å². The van der Waals surface area contributed by atoms with Crippen LogP contribution in [0, 0.1) is 5.92 Å². The molecule has 0 saturated heterocycles. The van der Waals surface area contributed by atoms with Gasteiger partial charge in [0, 0.05) is 23.6 Å². The predicted molar refractivity (Wildman–Crippen MR) is 88.7 cm³/mol. The average molecular weight is 328 g/mol. The summed E-state index contributed by atoms with van der Waals surface area (Å²) in [6.07, 6.45) is 1.64. The van der Waals surface area contributed by atoms with Crippen molar-refractivity contribution in [2.24, 2.45) is 5.92 Å². The minimum Gasteiger partial charge on any atom is -0.461 e. The van der Waals surface area contributed by atoms with Crippen molar-refractivity contribution in [2.75, 3.05) is 6.61 Å². The molecule has 126 valence electrons. The van der Waals surface area contributed by atoms with Gasteiger partial charge < -0.3 is 14.9 Å². The maximum Gasteiger partial charge on any atom is 0.313 e. The number of ether oxygens (including phenoxy) is 1. The van der Waals surface area contributed by atoms with E-state index in [1.54, 1.807) is 6.92 Å². The summed E-state index contributed by atoms with van der Waals surface area (Å²) in [7, 11) is 0. The van der Waals surface area contributed by atoms with E-state index in [2.05, 4.69) is 16.8 Å². The molecule has 1 aliphatic carbocycles.